The van der Waals surface area contributed by atoms with Crippen LogP contribution < -0.4 is 5.73 Å². The summed E-state index contributed by atoms with van der Waals surface area (Å²) in [6, 6.07) is 0.301. The van der Waals surface area contributed by atoms with E-state index in [0.717, 1.165) is 32.3 Å². The predicted octanol–water partition coefficient (Wildman–Crippen LogP) is 2.43. The van der Waals surface area contributed by atoms with Crippen molar-refractivity contribution in [3.05, 3.63) is 4.77 Å². The zero-order chi connectivity index (χ0) is 12.5. The summed E-state index contributed by atoms with van der Waals surface area (Å²) in [5.74, 6) is 0.475. The molecule has 1 aliphatic heterocycles. The summed E-state index contributed by atoms with van der Waals surface area (Å²) in [6.07, 6.45) is 3.94. The second-order valence-corrected chi connectivity index (χ2v) is 5.03. The van der Waals surface area contributed by atoms with Crippen molar-refractivity contribution >= 4 is 18.2 Å². The van der Waals surface area contributed by atoms with Gasteiger partial charge in [0.05, 0.1) is 5.60 Å². The third kappa shape index (κ3) is 2.24. The summed E-state index contributed by atoms with van der Waals surface area (Å²) in [6.45, 7) is 5.10. The van der Waals surface area contributed by atoms with Crippen LogP contribution in [0.15, 0.2) is 0 Å². The Labute approximate surface area is 106 Å². The second kappa shape index (κ2) is 4.78. The second-order valence-electron chi connectivity index (χ2n) is 4.64. The van der Waals surface area contributed by atoms with Crippen LogP contribution in [-0.4, -0.2) is 27.0 Å². The van der Waals surface area contributed by atoms with Gasteiger partial charge < -0.3 is 10.5 Å². The van der Waals surface area contributed by atoms with Crippen molar-refractivity contribution in [2.24, 2.45) is 0 Å². The Hall–Kier alpha value is -0.880. The lowest BCUT2D eigenvalue weighted by Gasteiger charge is -2.40. The molecule has 1 aliphatic rings. The van der Waals surface area contributed by atoms with E-state index in [2.05, 4.69) is 24.0 Å². The van der Waals surface area contributed by atoms with Crippen molar-refractivity contribution in [3.8, 4) is 0 Å². The van der Waals surface area contributed by atoms with Gasteiger partial charge in [-0.25, -0.2) is 5.10 Å². The minimum atomic E-state index is -0.0264. The minimum Gasteiger partial charge on any atom is -0.375 e. The first-order valence-electron chi connectivity index (χ1n) is 6.18. The number of nitrogens with one attached hydrogen (secondary N) is 1. The van der Waals surface area contributed by atoms with Crippen LogP contribution in [0.1, 0.15) is 45.6 Å². The van der Waals surface area contributed by atoms with Gasteiger partial charge in [0.15, 0.2) is 4.77 Å². The maximum Gasteiger partial charge on any atom is 0.220 e. The van der Waals surface area contributed by atoms with Crippen molar-refractivity contribution in [1.29, 1.82) is 0 Å². The van der Waals surface area contributed by atoms with Crippen molar-refractivity contribution in [1.82, 2.24) is 14.8 Å². The molecule has 0 radical (unpaired) electrons. The van der Waals surface area contributed by atoms with E-state index >= 15 is 0 Å². The molecular weight excluding hydrogens is 236 g/mol. The minimum absolute atomic E-state index is 0.0264. The smallest absolute Gasteiger partial charge is 0.220 e. The molecule has 1 aromatic heterocycles. The fourth-order valence-corrected chi connectivity index (χ4v) is 2.92. The summed E-state index contributed by atoms with van der Waals surface area (Å²) in [7, 11) is 0. The van der Waals surface area contributed by atoms with Crippen molar-refractivity contribution in [2.45, 2.75) is 51.2 Å². The van der Waals surface area contributed by atoms with Gasteiger partial charge in [0.25, 0.3) is 0 Å². The Morgan fingerprint density at radius 2 is 2.29 bits per heavy atom. The molecule has 1 aromatic rings. The average molecular weight is 256 g/mol. The summed E-state index contributed by atoms with van der Waals surface area (Å²) < 4.78 is 8.49. The molecule has 0 aliphatic carbocycles. The van der Waals surface area contributed by atoms with Gasteiger partial charge in [0.1, 0.15) is 0 Å². The van der Waals surface area contributed by atoms with Crippen molar-refractivity contribution in [3.63, 3.8) is 0 Å². The highest BCUT2D eigenvalue weighted by Gasteiger charge is 2.36. The molecule has 3 N–H and O–H groups in total. The van der Waals surface area contributed by atoms with E-state index in [1.165, 1.54) is 0 Å². The maximum atomic E-state index is 5.95. The number of nitrogens with zero attached hydrogens (tertiary/aromatic N) is 2. The zero-order valence-corrected chi connectivity index (χ0v) is 11.2. The summed E-state index contributed by atoms with van der Waals surface area (Å²) >= 11 is 5.23. The van der Waals surface area contributed by atoms with Crippen LogP contribution in [0.25, 0.3) is 0 Å². The number of nitrogen functional groups attached to an aromatic ring is 1. The van der Waals surface area contributed by atoms with Gasteiger partial charge in [0.2, 0.25) is 5.95 Å². The molecule has 1 unspecified atom stereocenters. The highest BCUT2D eigenvalue weighted by molar-refractivity contribution is 7.71. The molecule has 0 spiro atoms. The van der Waals surface area contributed by atoms with Crippen LogP contribution in [0.2, 0.25) is 0 Å². The molecule has 96 valence electrons. The maximum absolute atomic E-state index is 5.95. The highest BCUT2D eigenvalue weighted by Crippen LogP contribution is 2.37. The number of H-pyrrole nitrogens is 1. The molecule has 1 saturated heterocycles. The Morgan fingerprint density at radius 3 is 2.82 bits per heavy atom. The fraction of sp³-hybridized carbons (Fsp3) is 0.818. The van der Waals surface area contributed by atoms with E-state index in [9.17, 15) is 0 Å². The Balaban J connectivity index is 2.26. The lowest BCUT2D eigenvalue weighted by Crippen LogP contribution is -2.39. The molecule has 5 nitrogen and oxygen atoms in total. The van der Waals surface area contributed by atoms with Crippen molar-refractivity contribution in [2.75, 3.05) is 12.3 Å². The van der Waals surface area contributed by atoms with Gasteiger partial charge in [-0.15, -0.1) is 5.10 Å². The Kier molecular flexibility index (Phi) is 3.53. The fourth-order valence-electron chi connectivity index (χ4n) is 2.63. The van der Waals surface area contributed by atoms with E-state index in [-0.39, 0.29) is 5.60 Å². The van der Waals surface area contributed by atoms with Gasteiger partial charge in [-0.1, -0.05) is 13.8 Å². The third-order valence-corrected chi connectivity index (χ3v) is 4.14. The topological polar surface area (TPSA) is 68.9 Å². The van der Waals surface area contributed by atoms with Gasteiger partial charge in [-0.3, -0.25) is 4.57 Å². The number of aromatic nitrogens is 3. The van der Waals surface area contributed by atoms with Crippen molar-refractivity contribution < 1.29 is 4.74 Å². The first kappa shape index (κ1) is 12.6. The summed E-state index contributed by atoms with van der Waals surface area (Å²) in [4.78, 5) is 0. The van der Waals surface area contributed by atoms with E-state index < -0.39 is 0 Å². The molecule has 1 fully saturated rings. The quantitative estimate of drug-likeness (QED) is 0.815. The third-order valence-electron chi connectivity index (χ3n) is 3.85. The van der Waals surface area contributed by atoms with Gasteiger partial charge in [-0.2, -0.15) is 0 Å². The largest absolute Gasteiger partial charge is 0.375 e. The Bertz CT molecular complexity index is 435. The van der Waals surface area contributed by atoms with Gasteiger partial charge in [0, 0.05) is 12.6 Å². The average Bonchev–Trinajstić information content (AvgIpc) is 2.69. The number of hydrogen-bond donors (Lipinski definition) is 2. The van der Waals surface area contributed by atoms with E-state index in [1.54, 1.807) is 0 Å². The number of ether oxygens (including phenoxy) is 1. The molecule has 2 heterocycles. The van der Waals surface area contributed by atoms with Crippen LogP contribution in [0.4, 0.5) is 5.95 Å². The molecule has 1 atom stereocenters. The number of anilines is 1. The lowest BCUT2D eigenvalue weighted by molar-refractivity contribution is -0.0986. The van der Waals surface area contributed by atoms with Gasteiger partial charge in [-0.05, 0) is 37.9 Å². The SMILES string of the molecule is CCC1(CC)CC(n2c(N)n[nH]c2=S)CCO1. The number of aromatic amines is 1. The molecule has 6 heteroatoms. The summed E-state index contributed by atoms with van der Waals surface area (Å²) in [5.41, 5.74) is 5.83. The standard InChI is InChI=1S/C11H20N4OS/c1-3-11(4-2)7-8(5-6-16-11)15-9(12)13-14-10(15)17/h8H,3-7H2,1-2H3,(H2,12,13)(H,14,17). The monoisotopic (exact) mass is 256 g/mol. The van der Waals surface area contributed by atoms with Crippen LogP contribution in [0, 0.1) is 4.77 Å². The van der Waals surface area contributed by atoms with Crippen LogP contribution in [0.5, 0.6) is 0 Å². The highest BCUT2D eigenvalue weighted by atomic mass is 32.1. The molecule has 2 rings (SSSR count). The van der Waals surface area contributed by atoms with Crippen LogP contribution >= 0.6 is 12.2 Å². The number of hydrogen-bond acceptors (Lipinski definition) is 4. The normalized spacial score (nSPS) is 23.8. The zero-order valence-electron chi connectivity index (χ0n) is 10.4. The number of nitrogens with two attached hydrogens (primary N) is 1. The molecular formula is C11H20N4OS. The Morgan fingerprint density at radius 1 is 1.59 bits per heavy atom. The molecule has 17 heavy (non-hydrogen) atoms. The van der Waals surface area contributed by atoms with E-state index in [1.807, 2.05) is 4.57 Å². The molecule has 0 amide bonds. The predicted molar refractivity (Wildman–Crippen MR) is 69.4 cm³/mol. The first-order chi connectivity index (χ1) is 8.12. The van der Waals surface area contributed by atoms with Crippen LogP contribution in [-0.2, 0) is 4.74 Å². The lowest BCUT2D eigenvalue weighted by atomic mass is 9.86. The molecule has 0 aromatic carbocycles. The van der Waals surface area contributed by atoms with Crippen LogP contribution in [0.3, 0.4) is 0 Å². The molecule has 0 bridgehead atoms. The van der Waals surface area contributed by atoms with Gasteiger partial charge >= 0.3 is 0 Å². The first-order valence-corrected chi connectivity index (χ1v) is 6.59. The molecule has 0 saturated carbocycles. The van der Waals surface area contributed by atoms with E-state index in [0.29, 0.717) is 16.8 Å². The summed E-state index contributed by atoms with van der Waals surface area (Å²) in [5, 5.41) is 6.72. The number of rotatable bonds is 3. The van der Waals surface area contributed by atoms with E-state index in [4.69, 9.17) is 22.7 Å².